The Morgan fingerprint density at radius 2 is 2.08 bits per heavy atom. The molecule has 3 nitrogen and oxygen atoms in total. The molecule has 0 aliphatic heterocycles. The summed E-state index contributed by atoms with van der Waals surface area (Å²) in [6.07, 6.45) is -6.77. The number of hydrogen-bond acceptors (Lipinski definition) is 3. The molecule has 0 rings (SSSR count). The van der Waals surface area contributed by atoms with Gasteiger partial charge in [0.05, 0.1) is 6.07 Å². The molecule has 0 fully saturated rings. The predicted octanol–water partition coefficient (Wildman–Crippen LogP) is 0.755. The number of halogens is 3. The van der Waals surface area contributed by atoms with Gasteiger partial charge in [0, 0.05) is 19.5 Å². The van der Waals surface area contributed by atoms with Crippen molar-refractivity contribution in [3.63, 3.8) is 0 Å². The minimum Gasteiger partial charge on any atom is -0.382 e. The highest BCUT2D eigenvalue weighted by atomic mass is 19.4. The third-order valence-electron chi connectivity index (χ3n) is 1.47. The summed E-state index contributed by atoms with van der Waals surface area (Å²) in [5.41, 5.74) is 0. The normalized spacial score (nSPS) is 14.2. The van der Waals surface area contributed by atoms with Crippen molar-refractivity contribution in [2.24, 2.45) is 0 Å². The summed E-state index contributed by atoms with van der Waals surface area (Å²) in [6.45, 7) is -0.269. The van der Waals surface area contributed by atoms with Gasteiger partial charge in [0.25, 0.3) is 0 Å². The van der Waals surface area contributed by atoms with Crippen molar-refractivity contribution in [3.05, 3.63) is 0 Å². The minimum absolute atomic E-state index is 0.154. The summed E-state index contributed by atoms with van der Waals surface area (Å²) >= 11 is 0. The molecule has 6 heteroatoms. The fraction of sp³-hybridized carbons (Fsp3) is 0.857. The van der Waals surface area contributed by atoms with E-state index in [2.05, 4.69) is 0 Å². The molecule has 1 N–H and O–H groups in total. The molecule has 13 heavy (non-hydrogen) atoms. The van der Waals surface area contributed by atoms with Crippen molar-refractivity contribution in [1.82, 2.24) is 4.90 Å². The molecule has 0 saturated carbocycles. The molecule has 0 radical (unpaired) electrons. The van der Waals surface area contributed by atoms with Crippen molar-refractivity contribution in [2.45, 2.75) is 18.7 Å². The Morgan fingerprint density at radius 3 is 2.46 bits per heavy atom. The predicted molar refractivity (Wildman–Crippen MR) is 39.8 cm³/mol. The summed E-state index contributed by atoms with van der Waals surface area (Å²) in [5.74, 6) is 0. The van der Waals surface area contributed by atoms with Crippen LogP contribution in [0.15, 0.2) is 0 Å². The summed E-state index contributed by atoms with van der Waals surface area (Å²) in [5, 5.41) is 16.8. The first-order valence-corrected chi connectivity index (χ1v) is 3.68. The van der Waals surface area contributed by atoms with Crippen LogP contribution in [0.25, 0.3) is 0 Å². The van der Waals surface area contributed by atoms with Crippen LogP contribution < -0.4 is 0 Å². The molecule has 1 atom stereocenters. The maximum absolute atomic E-state index is 11.8. The van der Waals surface area contributed by atoms with Gasteiger partial charge in [-0.2, -0.15) is 18.4 Å². The second-order valence-electron chi connectivity index (χ2n) is 2.73. The van der Waals surface area contributed by atoms with Crippen molar-refractivity contribution < 1.29 is 18.3 Å². The van der Waals surface area contributed by atoms with Crippen LogP contribution in [0.2, 0.25) is 0 Å². The number of likely N-dealkylation sites (N-methyl/N-ethyl adjacent to an activating group) is 1. The number of rotatable bonds is 4. The highest BCUT2D eigenvalue weighted by molar-refractivity contribution is 4.74. The van der Waals surface area contributed by atoms with Crippen LogP contribution in [0.3, 0.4) is 0 Å². The second kappa shape index (κ2) is 5.04. The van der Waals surface area contributed by atoms with E-state index in [1.807, 2.05) is 0 Å². The summed E-state index contributed by atoms with van der Waals surface area (Å²) < 4.78 is 35.4. The molecule has 0 aromatic carbocycles. The number of hydrogen-bond donors (Lipinski definition) is 1. The molecule has 0 heterocycles. The van der Waals surface area contributed by atoms with Gasteiger partial charge in [-0.1, -0.05) is 0 Å². The Kier molecular flexibility index (Phi) is 4.73. The fourth-order valence-electron chi connectivity index (χ4n) is 0.731. The van der Waals surface area contributed by atoms with Crippen LogP contribution in [0.4, 0.5) is 13.2 Å². The highest BCUT2D eigenvalue weighted by Gasteiger charge is 2.38. The molecule has 0 aromatic heterocycles. The smallest absolute Gasteiger partial charge is 0.382 e. The van der Waals surface area contributed by atoms with Crippen LogP contribution in [-0.4, -0.2) is 42.4 Å². The average molecular weight is 196 g/mol. The third-order valence-corrected chi connectivity index (χ3v) is 1.47. The van der Waals surface area contributed by atoms with E-state index in [1.54, 1.807) is 6.07 Å². The Hall–Kier alpha value is -0.800. The maximum atomic E-state index is 11.8. The quantitative estimate of drug-likeness (QED) is 0.721. The summed E-state index contributed by atoms with van der Waals surface area (Å²) in [4.78, 5) is 1.27. The first-order chi connectivity index (χ1) is 5.88. The van der Waals surface area contributed by atoms with Crippen molar-refractivity contribution in [3.8, 4) is 6.07 Å². The molecule has 0 aliphatic rings. The summed E-state index contributed by atoms with van der Waals surface area (Å²) in [6, 6.07) is 1.81. The van der Waals surface area contributed by atoms with E-state index in [9.17, 15) is 13.2 Å². The van der Waals surface area contributed by atoms with Gasteiger partial charge in [-0.15, -0.1) is 0 Å². The minimum atomic E-state index is -4.58. The van der Waals surface area contributed by atoms with Crippen molar-refractivity contribution in [1.29, 1.82) is 5.26 Å². The van der Waals surface area contributed by atoms with E-state index in [0.29, 0.717) is 0 Å². The molecule has 0 amide bonds. The number of aliphatic hydroxyl groups excluding tert-OH is 1. The Bertz CT molecular complexity index is 187. The van der Waals surface area contributed by atoms with Crippen LogP contribution in [-0.2, 0) is 0 Å². The zero-order chi connectivity index (χ0) is 10.5. The van der Waals surface area contributed by atoms with Crippen molar-refractivity contribution >= 4 is 0 Å². The van der Waals surface area contributed by atoms with Gasteiger partial charge >= 0.3 is 6.18 Å². The van der Waals surface area contributed by atoms with E-state index in [-0.39, 0.29) is 13.0 Å². The van der Waals surface area contributed by atoms with Gasteiger partial charge in [0.1, 0.15) is 0 Å². The lowest BCUT2D eigenvalue weighted by molar-refractivity contribution is -0.207. The second-order valence-corrected chi connectivity index (χ2v) is 2.73. The van der Waals surface area contributed by atoms with Gasteiger partial charge in [-0.25, -0.2) is 0 Å². The number of nitrogens with zero attached hydrogens (tertiary/aromatic N) is 2. The third kappa shape index (κ3) is 5.44. The van der Waals surface area contributed by atoms with Gasteiger partial charge in [0.15, 0.2) is 6.10 Å². The highest BCUT2D eigenvalue weighted by Crippen LogP contribution is 2.20. The molecule has 0 aromatic rings. The van der Waals surface area contributed by atoms with Crippen LogP contribution >= 0.6 is 0 Å². The van der Waals surface area contributed by atoms with Gasteiger partial charge < -0.3 is 10.0 Å². The SMILES string of the molecule is CN(CCC#N)CC(O)C(F)(F)F. The van der Waals surface area contributed by atoms with Crippen LogP contribution in [0.1, 0.15) is 6.42 Å². The average Bonchev–Trinajstić information content (AvgIpc) is 1.99. The van der Waals surface area contributed by atoms with Gasteiger partial charge in [-0.05, 0) is 7.05 Å². The molecule has 76 valence electrons. The topological polar surface area (TPSA) is 47.3 Å². The molecule has 1 unspecified atom stereocenters. The first kappa shape index (κ1) is 12.2. The molecule has 0 spiro atoms. The molecular weight excluding hydrogens is 185 g/mol. The monoisotopic (exact) mass is 196 g/mol. The Morgan fingerprint density at radius 1 is 1.54 bits per heavy atom. The maximum Gasteiger partial charge on any atom is 0.415 e. The van der Waals surface area contributed by atoms with E-state index >= 15 is 0 Å². The molecule has 0 saturated heterocycles. The number of nitriles is 1. The fourth-order valence-corrected chi connectivity index (χ4v) is 0.731. The van der Waals surface area contributed by atoms with E-state index in [0.717, 1.165) is 0 Å². The zero-order valence-corrected chi connectivity index (χ0v) is 7.17. The summed E-state index contributed by atoms with van der Waals surface area (Å²) in [7, 11) is 1.42. The number of aliphatic hydroxyl groups is 1. The standard InChI is InChI=1S/C7H11F3N2O/c1-12(4-2-3-11)5-6(13)7(8,9)10/h6,13H,2,4-5H2,1H3. The van der Waals surface area contributed by atoms with E-state index < -0.39 is 18.8 Å². The van der Waals surface area contributed by atoms with Crippen LogP contribution in [0.5, 0.6) is 0 Å². The first-order valence-electron chi connectivity index (χ1n) is 3.68. The van der Waals surface area contributed by atoms with Gasteiger partial charge in [0.2, 0.25) is 0 Å². The lowest BCUT2D eigenvalue weighted by Gasteiger charge is -2.20. The Balaban J connectivity index is 3.79. The zero-order valence-electron chi connectivity index (χ0n) is 7.17. The lowest BCUT2D eigenvalue weighted by Crippen LogP contribution is -2.39. The largest absolute Gasteiger partial charge is 0.415 e. The lowest BCUT2D eigenvalue weighted by atomic mass is 10.3. The van der Waals surface area contributed by atoms with E-state index in [4.69, 9.17) is 10.4 Å². The molecular formula is C7H11F3N2O. The van der Waals surface area contributed by atoms with E-state index in [1.165, 1.54) is 11.9 Å². The number of alkyl halides is 3. The van der Waals surface area contributed by atoms with Crippen LogP contribution in [0, 0.1) is 11.3 Å². The van der Waals surface area contributed by atoms with Crippen molar-refractivity contribution in [2.75, 3.05) is 20.1 Å². The molecule has 0 aliphatic carbocycles. The Labute approximate surface area is 74.4 Å². The van der Waals surface area contributed by atoms with Gasteiger partial charge in [-0.3, -0.25) is 0 Å². The molecule has 0 bridgehead atoms.